The van der Waals surface area contributed by atoms with Crippen LogP contribution in [-0.4, -0.2) is 6.54 Å². The molecular weight excluding hydrogens is 230 g/mol. The van der Waals surface area contributed by atoms with Gasteiger partial charge in [0.2, 0.25) is 0 Å². The van der Waals surface area contributed by atoms with E-state index in [2.05, 4.69) is 47.8 Å². The molecule has 86 valence electrons. The molecule has 0 fully saturated rings. The van der Waals surface area contributed by atoms with Crippen LogP contribution in [0.3, 0.4) is 0 Å². The number of hydrogen-bond donors (Lipinski definition) is 1. The number of benzene rings is 2. The number of fused-ring (bicyclic) bond motifs is 1. The standard InChI is InChI=1S/C15H14ClN/c16-13-6-7-14-12(10-13)8-9-17-15(14)11-4-2-1-3-5-11/h1-7,10,15,17H,8-9H2. The Morgan fingerprint density at radius 1 is 1.06 bits per heavy atom. The van der Waals surface area contributed by atoms with Crippen molar-refractivity contribution < 1.29 is 0 Å². The van der Waals surface area contributed by atoms with Crippen molar-refractivity contribution in [1.29, 1.82) is 0 Å². The van der Waals surface area contributed by atoms with Crippen LogP contribution in [0.2, 0.25) is 5.02 Å². The van der Waals surface area contributed by atoms with E-state index in [-0.39, 0.29) is 0 Å². The molecule has 2 heteroatoms. The molecule has 0 radical (unpaired) electrons. The molecule has 1 nitrogen and oxygen atoms in total. The Morgan fingerprint density at radius 3 is 2.71 bits per heavy atom. The molecule has 1 atom stereocenters. The molecule has 1 heterocycles. The van der Waals surface area contributed by atoms with Gasteiger partial charge in [0, 0.05) is 11.6 Å². The fraction of sp³-hybridized carbons (Fsp3) is 0.200. The van der Waals surface area contributed by atoms with E-state index >= 15 is 0 Å². The Hall–Kier alpha value is -1.31. The second kappa shape index (κ2) is 4.52. The van der Waals surface area contributed by atoms with Gasteiger partial charge < -0.3 is 5.32 Å². The molecule has 0 aromatic heterocycles. The minimum absolute atomic E-state index is 0.303. The second-order valence-corrected chi connectivity index (χ2v) is 4.83. The summed E-state index contributed by atoms with van der Waals surface area (Å²) >= 11 is 6.05. The van der Waals surface area contributed by atoms with E-state index in [0.717, 1.165) is 18.0 Å². The van der Waals surface area contributed by atoms with Gasteiger partial charge in [-0.3, -0.25) is 0 Å². The first-order chi connectivity index (χ1) is 8.34. The van der Waals surface area contributed by atoms with Crippen LogP contribution < -0.4 is 5.32 Å². The van der Waals surface area contributed by atoms with Gasteiger partial charge in [-0.2, -0.15) is 0 Å². The lowest BCUT2D eigenvalue weighted by Gasteiger charge is -2.27. The molecule has 1 unspecified atom stereocenters. The average Bonchev–Trinajstić information content (AvgIpc) is 2.39. The topological polar surface area (TPSA) is 12.0 Å². The van der Waals surface area contributed by atoms with E-state index in [4.69, 9.17) is 11.6 Å². The van der Waals surface area contributed by atoms with E-state index in [1.54, 1.807) is 0 Å². The van der Waals surface area contributed by atoms with Gasteiger partial charge in [-0.1, -0.05) is 48.0 Å². The fourth-order valence-electron chi connectivity index (χ4n) is 2.48. The molecule has 17 heavy (non-hydrogen) atoms. The number of rotatable bonds is 1. The molecule has 1 aliphatic heterocycles. The largest absolute Gasteiger partial charge is 0.306 e. The van der Waals surface area contributed by atoms with Crippen LogP contribution in [0.4, 0.5) is 0 Å². The van der Waals surface area contributed by atoms with Crippen LogP contribution in [-0.2, 0) is 6.42 Å². The monoisotopic (exact) mass is 243 g/mol. The first-order valence-electron chi connectivity index (χ1n) is 5.91. The maximum absolute atomic E-state index is 6.05. The molecule has 2 aromatic carbocycles. The van der Waals surface area contributed by atoms with E-state index < -0.39 is 0 Å². The van der Waals surface area contributed by atoms with Crippen LogP contribution >= 0.6 is 11.6 Å². The minimum atomic E-state index is 0.303. The molecule has 0 spiro atoms. The normalized spacial score (nSPS) is 18.8. The Bertz CT molecular complexity index is 522. The Balaban J connectivity index is 2.06. The van der Waals surface area contributed by atoms with Gasteiger partial charge in [0.1, 0.15) is 0 Å². The third kappa shape index (κ3) is 2.08. The zero-order valence-electron chi connectivity index (χ0n) is 9.49. The highest BCUT2D eigenvalue weighted by atomic mass is 35.5. The quantitative estimate of drug-likeness (QED) is 0.808. The first-order valence-corrected chi connectivity index (χ1v) is 6.29. The van der Waals surface area contributed by atoms with Crippen LogP contribution in [0.25, 0.3) is 0 Å². The van der Waals surface area contributed by atoms with Gasteiger partial charge >= 0.3 is 0 Å². The lowest BCUT2D eigenvalue weighted by atomic mass is 9.90. The van der Waals surface area contributed by atoms with E-state index in [9.17, 15) is 0 Å². The van der Waals surface area contributed by atoms with Crippen molar-refractivity contribution in [3.05, 3.63) is 70.2 Å². The van der Waals surface area contributed by atoms with Gasteiger partial charge in [0.25, 0.3) is 0 Å². The van der Waals surface area contributed by atoms with Gasteiger partial charge in [-0.25, -0.2) is 0 Å². The van der Waals surface area contributed by atoms with Gasteiger partial charge in [0.05, 0.1) is 6.04 Å². The highest BCUT2D eigenvalue weighted by Gasteiger charge is 2.20. The Morgan fingerprint density at radius 2 is 1.88 bits per heavy atom. The van der Waals surface area contributed by atoms with Gasteiger partial charge in [0.15, 0.2) is 0 Å². The lowest BCUT2D eigenvalue weighted by Crippen LogP contribution is -2.30. The molecule has 0 saturated carbocycles. The highest BCUT2D eigenvalue weighted by Crippen LogP contribution is 2.30. The second-order valence-electron chi connectivity index (χ2n) is 4.39. The molecule has 0 bridgehead atoms. The van der Waals surface area contributed by atoms with E-state index in [1.807, 2.05) is 6.07 Å². The molecule has 1 N–H and O–H groups in total. The van der Waals surface area contributed by atoms with Crippen molar-refractivity contribution in [1.82, 2.24) is 5.32 Å². The lowest BCUT2D eigenvalue weighted by molar-refractivity contribution is 0.568. The maximum atomic E-state index is 6.05. The summed E-state index contributed by atoms with van der Waals surface area (Å²) < 4.78 is 0. The van der Waals surface area contributed by atoms with Crippen molar-refractivity contribution in [2.24, 2.45) is 0 Å². The third-order valence-corrected chi connectivity index (χ3v) is 3.53. The number of halogens is 1. The molecule has 0 aliphatic carbocycles. The van der Waals surface area contributed by atoms with Crippen molar-refractivity contribution in [2.45, 2.75) is 12.5 Å². The third-order valence-electron chi connectivity index (χ3n) is 3.29. The summed E-state index contributed by atoms with van der Waals surface area (Å²) in [6.07, 6.45) is 1.05. The minimum Gasteiger partial charge on any atom is -0.306 e. The summed E-state index contributed by atoms with van der Waals surface area (Å²) in [5.74, 6) is 0. The molecular formula is C15H14ClN. The zero-order valence-corrected chi connectivity index (χ0v) is 10.2. The van der Waals surface area contributed by atoms with Crippen molar-refractivity contribution in [2.75, 3.05) is 6.54 Å². The van der Waals surface area contributed by atoms with Gasteiger partial charge in [-0.05, 0) is 35.2 Å². The van der Waals surface area contributed by atoms with Gasteiger partial charge in [-0.15, -0.1) is 0 Å². The van der Waals surface area contributed by atoms with Crippen molar-refractivity contribution >= 4 is 11.6 Å². The Kier molecular flexibility index (Phi) is 2.87. The van der Waals surface area contributed by atoms with Crippen LogP contribution in [0.1, 0.15) is 22.7 Å². The average molecular weight is 244 g/mol. The Labute approximate surface area is 106 Å². The summed E-state index contributed by atoms with van der Waals surface area (Å²) in [5.41, 5.74) is 4.03. The SMILES string of the molecule is Clc1ccc2c(c1)CCNC2c1ccccc1. The molecule has 0 saturated heterocycles. The van der Waals surface area contributed by atoms with E-state index in [1.165, 1.54) is 16.7 Å². The summed E-state index contributed by atoms with van der Waals surface area (Å²) in [4.78, 5) is 0. The summed E-state index contributed by atoms with van der Waals surface area (Å²) in [5, 5.41) is 4.40. The van der Waals surface area contributed by atoms with Crippen molar-refractivity contribution in [3.8, 4) is 0 Å². The summed E-state index contributed by atoms with van der Waals surface area (Å²) in [7, 11) is 0. The summed E-state index contributed by atoms with van der Waals surface area (Å²) in [6.45, 7) is 1.01. The van der Waals surface area contributed by atoms with Crippen LogP contribution in [0.15, 0.2) is 48.5 Å². The predicted octanol–water partition coefficient (Wildman–Crippen LogP) is 3.58. The fourth-order valence-corrected chi connectivity index (χ4v) is 2.67. The maximum Gasteiger partial charge on any atom is 0.0579 e. The first kappa shape index (κ1) is 10.8. The van der Waals surface area contributed by atoms with Crippen LogP contribution in [0, 0.1) is 0 Å². The highest BCUT2D eigenvalue weighted by molar-refractivity contribution is 6.30. The molecule has 0 amide bonds. The molecule has 3 rings (SSSR count). The summed E-state index contributed by atoms with van der Waals surface area (Å²) in [6, 6.07) is 17.1. The molecule has 1 aliphatic rings. The number of hydrogen-bond acceptors (Lipinski definition) is 1. The zero-order chi connectivity index (χ0) is 11.7. The van der Waals surface area contributed by atoms with E-state index in [0.29, 0.717) is 6.04 Å². The smallest absolute Gasteiger partial charge is 0.0579 e. The van der Waals surface area contributed by atoms with Crippen LogP contribution in [0.5, 0.6) is 0 Å². The molecule has 2 aromatic rings. The predicted molar refractivity (Wildman–Crippen MR) is 71.4 cm³/mol. The van der Waals surface area contributed by atoms with Crippen molar-refractivity contribution in [3.63, 3.8) is 0 Å². The number of nitrogens with one attached hydrogen (secondary N) is 1.